The number of rotatable bonds is 4. The van der Waals surface area contributed by atoms with Gasteiger partial charge in [0, 0.05) is 11.8 Å². The second-order valence-electron chi connectivity index (χ2n) is 4.86. The van der Waals surface area contributed by atoms with E-state index in [1.807, 2.05) is 19.1 Å². The highest BCUT2D eigenvalue weighted by Gasteiger charge is 2.32. The van der Waals surface area contributed by atoms with Crippen molar-refractivity contribution in [1.82, 2.24) is 4.98 Å². The molecule has 0 aliphatic carbocycles. The molecule has 2 aromatic rings. The minimum atomic E-state index is -4.52. The summed E-state index contributed by atoms with van der Waals surface area (Å²) in [6.07, 6.45) is -0.739. The quantitative estimate of drug-likeness (QED) is 0.622. The molecule has 0 atom stereocenters. The van der Waals surface area contributed by atoms with E-state index >= 15 is 0 Å². The molecule has 0 fully saturated rings. The number of hydrogen-bond acceptors (Lipinski definition) is 3. The number of halogens is 3. The van der Waals surface area contributed by atoms with Crippen LogP contribution in [0, 0.1) is 6.92 Å². The highest BCUT2D eigenvalue weighted by atomic mass is 19.4. The Hall–Kier alpha value is -2.63. The van der Waals surface area contributed by atoms with Gasteiger partial charge in [0.15, 0.2) is 5.78 Å². The maximum absolute atomic E-state index is 12.4. The summed E-state index contributed by atoms with van der Waals surface area (Å²) in [6, 6.07) is 7.33. The first-order valence-corrected chi connectivity index (χ1v) is 6.71. The highest BCUT2D eigenvalue weighted by molar-refractivity contribution is 6.06. The molecule has 1 heterocycles. The second-order valence-corrected chi connectivity index (χ2v) is 4.86. The number of methoxy groups -OCH3 is 1. The average Bonchev–Trinajstić information content (AvgIpc) is 2.53. The monoisotopic (exact) mass is 321 g/mol. The van der Waals surface area contributed by atoms with Gasteiger partial charge in [-0.15, -0.1) is 0 Å². The lowest BCUT2D eigenvalue weighted by molar-refractivity contribution is -0.141. The van der Waals surface area contributed by atoms with Gasteiger partial charge in [0.2, 0.25) is 0 Å². The molecule has 0 saturated carbocycles. The van der Waals surface area contributed by atoms with Gasteiger partial charge in [0.25, 0.3) is 0 Å². The summed E-state index contributed by atoms with van der Waals surface area (Å²) in [5, 5.41) is 0. The van der Waals surface area contributed by atoms with E-state index in [-0.39, 0.29) is 5.56 Å². The third-order valence-corrected chi connectivity index (χ3v) is 3.20. The molecule has 2 rings (SSSR count). The molecule has 0 bridgehead atoms. The van der Waals surface area contributed by atoms with E-state index in [4.69, 9.17) is 4.74 Å². The maximum Gasteiger partial charge on any atom is 0.433 e. The van der Waals surface area contributed by atoms with Gasteiger partial charge in [0.1, 0.15) is 11.4 Å². The topological polar surface area (TPSA) is 39.2 Å². The number of ether oxygens (including phenoxy) is 1. The Morgan fingerprint density at radius 3 is 2.52 bits per heavy atom. The zero-order valence-electron chi connectivity index (χ0n) is 12.5. The third-order valence-electron chi connectivity index (χ3n) is 3.20. The van der Waals surface area contributed by atoms with E-state index in [1.165, 1.54) is 6.08 Å². The van der Waals surface area contributed by atoms with Crippen LogP contribution in [0.3, 0.4) is 0 Å². The van der Waals surface area contributed by atoms with Crippen molar-refractivity contribution in [3.63, 3.8) is 0 Å². The molecule has 6 heteroatoms. The van der Waals surface area contributed by atoms with Crippen LogP contribution in [-0.4, -0.2) is 17.9 Å². The summed E-state index contributed by atoms with van der Waals surface area (Å²) < 4.78 is 42.4. The Kier molecular flexibility index (Phi) is 4.83. The van der Waals surface area contributed by atoms with Crippen LogP contribution in [0.15, 0.2) is 42.6 Å². The van der Waals surface area contributed by atoms with Crippen LogP contribution in [0.4, 0.5) is 13.2 Å². The lowest BCUT2D eigenvalue weighted by Gasteiger charge is -2.05. The molecule has 0 radical (unpaired) electrons. The number of carbonyl (C=O) groups is 1. The highest BCUT2D eigenvalue weighted by Crippen LogP contribution is 2.27. The molecule has 0 N–H and O–H groups in total. The van der Waals surface area contributed by atoms with Crippen LogP contribution in [0.25, 0.3) is 6.08 Å². The van der Waals surface area contributed by atoms with Crippen molar-refractivity contribution >= 4 is 11.9 Å². The van der Waals surface area contributed by atoms with Gasteiger partial charge in [-0.3, -0.25) is 9.78 Å². The van der Waals surface area contributed by atoms with Gasteiger partial charge < -0.3 is 4.74 Å². The van der Waals surface area contributed by atoms with E-state index in [0.29, 0.717) is 5.75 Å². The Bertz CT molecular complexity index is 734. The lowest BCUT2D eigenvalue weighted by Crippen LogP contribution is -2.08. The second kappa shape index (κ2) is 6.64. The molecule has 0 saturated heterocycles. The number of hydrogen-bond donors (Lipinski definition) is 0. The summed E-state index contributed by atoms with van der Waals surface area (Å²) in [6.45, 7) is 1.89. The van der Waals surface area contributed by atoms with Crippen LogP contribution in [0.1, 0.15) is 27.2 Å². The summed E-state index contributed by atoms with van der Waals surface area (Å²) in [5.41, 5.74) is 0.776. The predicted molar refractivity (Wildman–Crippen MR) is 80.3 cm³/mol. The van der Waals surface area contributed by atoms with Gasteiger partial charge in [0.05, 0.1) is 7.11 Å². The standard InChI is InChI=1S/C17H14F3NO2/c1-11-3-4-12(9-15(11)23-2)5-7-14(22)13-6-8-16(21-10-13)17(18,19)20/h3-10H,1-2H3/b7-5+. The first-order valence-electron chi connectivity index (χ1n) is 6.71. The molecule has 0 aliphatic rings. The maximum atomic E-state index is 12.4. The fourth-order valence-corrected chi connectivity index (χ4v) is 1.92. The van der Waals surface area contributed by atoms with Crippen molar-refractivity contribution in [2.24, 2.45) is 0 Å². The van der Waals surface area contributed by atoms with E-state index in [1.54, 1.807) is 19.3 Å². The van der Waals surface area contributed by atoms with Crippen molar-refractivity contribution in [2.45, 2.75) is 13.1 Å². The average molecular weight is 321 g/mol. The molecule has 3 nitrogen and oxygen atoms in total. The Morgan fingerprint density at radius 1 is 1.22 bits per heavy atom. The molecule has 23 heavy (non-hydrogen) atoms. The predicted octanol–water partition coefficient (Wildman–Crippen LogP) is 4.31. The van der Waals surface area contributed by atoms with Gasteiger partial charge in [-0.1, -0.05) is 18.2 Å². The van der Waals surface area contributed by atoms with Crippen LogP contribution >= 0.6 is 0 Å². The number of alkyl halides is 3. The van der Waals surface area contributed by atoms with Gasteiger partial charge in [-0.25, -0.2) is 0 Å². The number of carbonyl (C=O) groups excluding carboxylic acids is 1. The van der Waals surface area contributed by atoms with Crippen molar-refractivity contribution in [3.05, 3.63) is 65.0 Å². The number of ketones is 1. The van der Waals surface area contributed by atoms with E-state index in [0.717, 1.165) is 29.5 Å². The summed E-state index contributed by atoms with van der Waals surface area (Å²) in [4.78, 5) is 15.2. The Balaban J connectivity index is 2.15. The fourth-order valence-electron chi connectivity index (χ4n) is 1.92. The number of aryl methyl sites for hydroxylation is 1. The normalized spacial score (nSPS) is 11.7. The van der Waals surface area contributed by atoms with Gasteiger partial charge in [-0.05, 0) is 42.3 Å². The van der Waals surface area contributed by atoms with E-state index < -0.39 is 17.7 Å². The molecular weight excluding hydrogens is 307 g/mol. The summed E-state index contributed by atoms with van der Waals surface area (Å²) >= 11 is 0. The summed E-state index contributed by atoms with van der Waals surface area (Å²) in [5.74, 6) is 0.265. The van der Waals surface area contributed by atoms with Crippen molar-refractivity contribution in [2.75, 3.05) is 7.11 Å². The molecule has 0 unspecified atom stereocenters. The van der Waals surface area contributed by atoms with Crippen molar-refractivity contribution in [3.8, 4) is 5.75 Å². The zero-order valence-corrected chi connectivity index (χ0v) is 12.5. The fraction of sp³-hybridized carbons (Fsp3) is 0.176. The molecular formula is C17H14F3NO2. The van der Waals surface area contributed by atoms with Crippen LogP contribution in [-0.2, 0) is 6.18 Å². The minimum Gasteiger partial charge on any atom is -0.496 e. The van der Waals surface area contributed by atoms with E-state index in [9.17, 15) is 18.0 Å². The molecule has 0 amide bonds. The molecule has 1 aromatic heterocycles. The number of benzene rings is 1. The van der Waals surface area contributed by atoms with Crippen molar-refractivity contribution in [1.29, 1.82) is 0 Å². The zero-order chi connectivity index (χ0) is 17.0. The molecule has 1 aromatic carbocycles. The van der Waals surface area contributed by atoms with Gasteiger partial charge in [-0.2, -0.15) is 13.2 Å². The number of nitrogens with zero attached hydrogens (tertiary/aromatic N) is 1. The van der Waals surface area contributed by atoms with Crippen LogP contribution in [0.5, 0.6) is 5.75 Å². The number of aromatic nitrogens is 1. The Morgan fingerprint density at radius 2 is 1.96 bits per heavy atom. The number of pyridine rings is 1. The molecule has 120 valence electrons. The third kappa shape index (κ3) is 4.18. The minimum absolute atomic E-state index is 0.0910. The van der Waals surface area contributed by atoms with E-state index in [2.05, 4.69) is 4.98 Å². The largest absolute Gasteiger partial charge is 0.496 e. The van der Waals surface area contributed by atoms with Gasteiger partial charge >= 0.3 is 6.18 Å². The lowest BCUT2D eigenvalue weighted by atomic mass is 10.1. The van der Waals surface area contributed by atoms with Crippen LogP contribution in [0.2, 0.25) is 0 Å². The van der Waals surface area contributed by atoms with Crippen molar-refractivity contribution < 1.29 is 22.7 Å². The first kappa shape index (κ1) is 16.7. The Labute approximate surface area is 131 Å². The molecule has 0 aliphatic heterocycles. The summed E-state index contributed by atoms with van der Waals surface area (Å²) in [7, 11) is 1.55. The SMILES string of the molecule is COc1cc(/C=C/C(=O)c2ccc(C(F)(F)F)nc2)ccc1C. The molecule has 0 spiro atoms. The smallest absolute Gasteiger partial charge is 0.433 e. The number of allylic oxidation sites excluding steroid dienone is 1. The first-order chi connectivity index (χ1) is 10.8. The van der Waals surface area contributed by atoms with Crippen LogP contribution < -0.4 is 4.74 Å².